The zero-order chi connectivity index (χ0) is 20.9. The fourth-order valence-corrected chi connectivity index (χ4v) is 5.96. The molecule has 0 bridgehead atoms. The van der Waals surface area contributed by atoms with Crippen LogP contribution in [0.3, 0.4) is 0 Å². The third-order valence-electron chi connectivity index (χ3n) is 6.55. The van der Waals surface area contributed by atoms with Gasteiger partial charge in [-0.25, -0.2) is 8.42 Å². The maximum Gasteiger partial charge on any atom is 0.235 e. The molecule has 0 spiro atoms. The van der Waals surface area contributed by atoms with Crippen molar-refractivity contribution in [1.29, 1.82) is 5.26 Å². The van der Waals surface area contributed by atoms with Crippen LogP contribution in [0.5, 0.6) is 5.75 Å². The molecular formula is C23H25N3O3S. The number of anilines is 2. The largest absolute Gasteiger partial charge is 0.497 e. The minimum absolute atomic E-state index is 0.0866. The first-order chi connectivity index (χ1) is 14.5. The van der Waals surface area contributed by atoms with Gasteiger partial charge in [-0.05, 0) is 61.4 Å². The predicted octanol–water partition coefficient (Wildman–Crippen LogP) is 4.32. The van der Waals surface area contributed by atoms with E-state index in [-0.39, 0.29) is 17.2 Å². The number of benzene rings is 2. The first-order valence-electron chi connectivity index (χ1n) is 10.5. The Morgan fingerprint density at radius 2 is 1.83 bits per heavy atom. The van der Waals surface area contributed by atoms with Gasteiger partial charge in [-0.15, -0.1) is 0 Å². The fourth-order valence-electron chi connectivity index (χ4n) is 4.57. The molecule has 0 radical (unpaired) electrons. The van der Waals surface area contributed by atoms with Crippen molar-refractivity contribution in [2.45, 2.75) is 55.4 Å². The minimum atomic E-state index is -3.28. The second kappa shape index (κ2) is 7.21. The molecule has 7 heteroatoms. The number of fused-ring (bicyclic) bond motifs is 1. The average Bonchev–Trinajstić information content (AvgIpc) is 3.52. The molecule has 1 aliphatic heterocycles. The number of nitriles is 1. The molecule has 2 fully saturated rings. The molecule has 0 amide bonds. The van der Waals surface area contributed by atoms with Crippen molar-refractivity contribution in [2.24, 2.45) is 0 Å². The maximum atomic E-state index is 12.2. The van der Waals surface area contributed by atoms with Crippen LogP contribution in [0.15, 0.2) is 42.5 Å². The highest BCUT2D eigenvalue weighted by Gasteiger charge is 2.44. The van der Waals surface area contributed by atoms with Crippen molar-refractivity contribution in [3.05, 3.63) is 53.6 Å². The smallest absolute Gasteiger partial charge is 0.235 e. The van der Waals surface area contributed by atoms with E-state index in [4.69, 9.17) is 4.74 Å². The Hall–Kier alpha value is -2.72. The van der Waals surface area contributed by atoms with E-state index in [1.165, 1.54) is 6.42 Å². The summed E-state index contributed by atoms with van der Waals surface area (Å²) in [6, 6.07) is 16.3. The normalized spacial score (nSPS) is 23.4. The molecule has 2 atom stereocenters. The number of hydrogen-bond acceptors (Lipinski definition) is 5. The number of hydrogen-bond donors (Lipinski definition) is 1. The van der Waals surface area contributed by atoms with Crippen molar-refractivity contribution in [2.75, 3.05) is 16.7 Å². The van der Waals surface area contributed by atoms with Crippen LogP contribution in [0, 0.1) is 11.3 Å². The van der Waals surface area contributed by atoms with E-state index in [9.17, 15) is 13.7 Å². The van der Waals surface area contributed by atoms with Crippen molar-refractivity contribution in [1.82, 2.24) is 0 Å². The van der Waals surface area contributed by atoms with Crippen LogP contribution in [0.2, 0.25) is 0 Å². The molecule has 2 unspecified atom stereocenters. The number of ether oxygens (including phenoxy) is 1. The lowest BCUT2D eigenvalue weighted by Crippen LogP contribution is -2.41. The molecule has 0 saturated heterocycles. The van der Waals surface area contributed by atoms with E-state index in [1.54, 1.807) is 7.11 Å². The predicted molar refractivity (Wildman–Crippen MR) is 116 cm³/mol. The van der Waals surface area contributed by atoms with Crippen LogP contribution in [-0.2, 0) is 10.0 Å². The molecule has 5 rings (SSSR count). The summed E-state index contributed by atoms with van der Waals surface area (Å²) in [6.45, 7) is 0. The maximum absolute atomic E-state index is 12.2. The zero-order valence-electron chi connectivity index (χ0n) is 16.9. The Bertz CT molecular complexity index is 1100. The highest BCUT2D eigenvalue weighted by atomic mass is 32.2. The van der Waals surface area contributed by atoms with Gasteiger partial charge in [0, 0.05) is 23.5 Å². The summed E-state index contributed by atoms with van der Waals surface area (Å²) in [5.74, 6) is 0.515. The quantitative estimate of drug-likeness (QED) is 0.748. The average molecular weight is 424 g/mol. The lowest BCUT2D eigenvalue weighted by molar-refractivity contribution is 0.362. The number of nitrogens with zero attached hydrogens (tertiary/aromatic N) is 2. The molecular weight excluding hydrogens is 398 g/mol. The van der Waals surface area contributed by atoms with Gasteiger partial charge in [0.25, 0.3) is 0 Å². The molecule has 30 heavy (non-hydrogen) atoms. The molecule has 156 valence electrons. The third kappa shape index (κ3) is 3.20. The van der Waals surface area contributed by atoms with Crippen LogP contribution in [0.4, 0.5) is 11.4 Å². The van der Waals surface area contributed by atoms with Crippen LogP contribution in [0.25, 0.3) is 0 Å². The second-order valence-electron chi connectivity index (χ2n) is 8.44. The summed E-state index contributed by atoms with van der Waals surface area (Å²) >= 11 is 0. The summed E-state index contributed by atoms with van der Waals surface area (Å²) in [7, 11) is -1.63. The van der Waals surface area contributed by atoms with Crippen LogP contribution in [0.1, 0.15) is 55.2 Å². The highest BCUT2D eigenvalue weighted by molar-refractivity contribution is 7.93. The number of rotatable bonds is 6. The Morgan fingerprint density at radius 1 is 1.10 bits per heavy atom. The van der Waals surface area contributed by atoms with Gasteiger partial charge >= 0.3 is 0 Å². The number of methoxy groups -OCH3 is 1. The van der Waals surface area contributed by atoms with E-state index >= 15 is 0 Å². The van der Waals surface area contributed by atoms with E-state index in [0.29, 0.717) is 11.7 Å². The molecule has 2 aliphatic carbocycles. The molecule has 2 aromatic rings. The zero-order valence-corrected chi connectivity index (χ0v) is 17.7. The van der Waals surface area contributed by atoms with Gasteiger partial charge in [-0.2, -0.15) is 5.26 Å². The Labute approximate surface area is 177 Å². The third-order valence-corrected chi connectivity index (χ3v) is 8.42. The molecule has 0 aromatic heterocycles. The minimum Gasteiger partial charge on any atom is -0.497 e. The summed E-state index contributed by atoms with van der Waals surface area (Å²) in [4.78, 5) is 2.39. The van der Waals surface area contributed by atoms with E-state index in [1.807, 2.05) is 42.5 Å². The summed E-state index contributed by atoms with van der Waals surface area (Å²) in [6.07, 6.45) is 4.90. The molecule has 6 nitrogen and oxygen atoms in total. The van der Waals surface area contributed by atoms with E-state index in [0.717, 1.165) is 48.2 Å². The Kier molecular flexibility index (Phi) is 4.62. The van der Waals surface area contributed by atoms with Gasteiger partial charge in [0.2, 0.25) is 10.0 Å². The Morgan fingerprint density at radius 3 is 2.40 bits per heavy atom. The SMILES string of the molecule is COc1ccc2c(c1)N(C1CCC1)C(c1ccc(NS(=O)(=O)C3CC3)cc1)C2C#N. The van der Waals surface area contributed by atoms with Crippen molar-refractivity contribution in [3.8, 4) is 11.8 Å². The van der Waals surface area contributed by atoms with Crippen LogP contribution >= 0.6 is 0 Å². The van der Waals surface area contributed by atoms with Crippen molar-refractivity contribution < 1.29 is 13.2 Å². The van der Waals surface area contributed by atoms with Crippen LogP contribution < -0.4 is 14.4 Å². The van der Waals surface area contributed by atoms with Crippen molar-refractivity contribution >= 4 is 21.4 Å². The molecule has 2 aromatic carbocycles. The summed E-state index contributed by atoms with van der Waals surface area (Å²) < 4.78 is 32.6. The number of nitrogens with one attached hydrogen (secondary N) is 1. The summed E-state index contributed by atoms with van der Waals surface area (Å²) in [5, 5.41) is 9.78. The summed E-state index contributed by atoms with van der Waals surface area (Å²) in [5.41, 5.74) is 3.72. The monoisotopic (exact) mass is 423 g/mol. The first kappa shape index (κ1) is 19.3. The number of sulfonamides is 1. The van der Waals surface area contributed by atoms with E-state index < -0.39 is 10.0 Å². The van der Waals surface area contributed by atoms with Gasteiger partial charge in [-0.1, -0.05) is 18.2 Å². The van der Waals surface area contributed by atoms with Crippen LogP contribution in [-0.4, -0.2) is 26.8 Å². The van der Waals surface area contributed by atoms with Crippen molar-refractivity contribution in [3.63, 3.8) is 0 Å². The topological polar surface area (TPSA) is 82.4 Å². The highest BCUT2D eigenvalue weighted by Crippen LogP contribution is 2.53. The fraction of sp³-hybridized carbons (Fsp3) is 0.435. The molecule has 1 N–H and O–H groups in total. The van der Waals surface area contributed by atoms with Gasteiger partial charge in [0.15, 0.2) is 0 Å². The van der Waals surface area contributed by atoms with E-state index in [2.05, 4.69) is 15.7 Å². The van der Waals surface area contributed by atoms with Gasteiger partial charge < -0.3 is 9.64 Å². The lowest BCUT2D eigenvalue weighted by atomic mass is 9.87. The first-order valence-corrected chi connectivity index (χ1v) is 12.0. The standard InChI is InChI=1S/C23H25N3O3S/c1-29-18-9-12-20-21(14-24)23(26(22(20)13-18)17-3-2-4-17)15-5-7-16(8-6-15)25-30(27,28)19-10-11-19/h5-9,12-13,17,19,21,23,25H,2-4,10-11H2,1H3. The lowest BCUT2D eigenvalue weighted by Gasteiger charge is -2.41. The Balaban J connectivity index is 1.49. The van der Waals surface area contributed by atoms with Gasteiger partial charge in [0.05, 0.1) is 30.4 Å². The molecule has 2 saturated carbocycles. The van der Waals surface area contributed by atoms with Gasteiger partial charge in [-0.3, -0.25) is 4.72 Å². The molecule has 3 aliphatic rings. The second-order valence-corrected chi connectivity index (χ2v) is 10.4. The molecule has 1 heterocycles. The van der Waals surface area contributed by atoms with Gasteiger partial charge in [0.1, 0.15) is 5.75 Å².